The monoisotopic (exact) mass is 383 g/mol. The van der Waals surface area contributed by atoms with Crippen molar-refractivity contribution in [1.29, 1.82) is 0 Å². The van der Waals surface area contributed by atoms with Crippen molar-refractivity contribution in [1.82, 2.24) is 5.32 Å². The number of methoxy groups -OCH3 is 1. The molecule has 0 aromatic heterocycles. The predicted molar refractivity (Wildman–Crippen MR) is 114 cm³/mol. The lowest BCUT2D eigenvalue weighted by atomic mass is 10.0. The number of nitrogens with one attached hydrogen (secondary N) is 2. The first-order valence-electron chi connectivity index (χ1n) is 9.20. The van der Waals surface area contributed by atoms with Gasteiger partial charge in [0, 0.05) is 29.5 Å². The van der Waals surface area contributed by atoms with Crippen molar-refractivity contribution in [2.45, 2.75) is 32.2 Å². The number of amides is 1. The number of ether oxygens (including phenoxy) is 1. The number of nitrogens with zero attached hydrogens (tertiary/aromatic N) is 1. The fourth-order valence-electron chi connectivity index (χ4n) is 3.30. The molecule has 1 saturated heterocycles. The van der Waals surface area contributed by atoms with E-state index in [1.54, 1.807) is 31.4 Å². The molecule has 1 fully saturated rings. The molecular weight excluding hydrogens is 358 g/mol. The number of rotatable bonds is 4. The molecule has 2 aromatic rings. The second-order valence-electron chi connectivity index (χ2n) is 6.72. The summed E-state index contributed by atoms with van der Waals surface area (Å²) in [4.78, 5) is 14.7. The third kappa shape index (κ3) is 4.98. The lowest BCUT2D eigenvalue weighted by Gasteiger charge is -2.35. The third-order valence-corrected chi connectivity index (χ3v) is 5.04. The molecule has 1 aliphatic heterocycles. The van der Waals surface area contributed by atoms with Crippen LogP contribution in [0.25, 0.3) is 0 Å². The van der Waals surface area contributed by atoms with Gasteiger partial charge >= 0.3 is 0 Å². The average molecular weight is 384 g/mol. The lowest BCUT2D eigenvalue weighted by Crippen LogP contribution is -2.37. The molecule has 1 atom stereocenters. The number of piperidine rings is 1. The van der Waals surface area contributed by atoms with E-state index < -0.39 is 0 Å². The van der Waals surface area contributed by atoms with Crippen molar-refractivity contribution < 1.29 is 9.53 Å². The van der Waals surface area contributed by atoms with Crippen LogP contribution >= 0.6 is 12.2 Å². The summed E-state index contributed by atoms with van der Waals surface area (Å²) in [6, 6.07) is 15.6. The molecular formula is C21H25N3O2S. The van der Waals surface area contributed by atoms with Gasteiger partial charge in [0.2, 0.25) is 0 Å². The highest BCUT2D eigenvalue weighted by Crippen LogP contribution is 2.25. The quantitative estimate of drug-likeness (QED) is 0.775. The predicted octanol–water partition coefficient (Wildman–Crippen LogP) is 4.20. The standard InChI is InChI=1S/C21H25N3O2S/c1-15-5-3-4-14-24(15)18-10-8-17(9-11-18)22-21(27)23-20(25)16-6-12-19(26-2)13-7-16/h6-13,15H,3-5,14H2,1-2H3,(H2,22,23,25,27)/t15-/m1/s1. The smallest absolute Gasteiger partial charge is 0.257 e. The first-order chi connectivity index (χ1) is 13.1. The number of carbonyl (C=O) groups excluding carboxylic acids is 1. The number of benzene rings is 2. The van der Waals surface area contributed by atoms with Crippen molar-refractivity contribution in [3.8, 4) is 5.75 Å². The van der Waals surface area contributed by atoms with Gasteiger partial charge in [0.15, 0.2) is 5.11 Å². The molecule has 0 spiro atoms. The van der Waals surface area contributed by atoms with Crippen LogP contribution in [0, 0.1) is 0 Å². The first-order valence-corrected chi connectivity index (χ1v) is 9.61. The maximum absolute atomic E-state index is 12.3. The second-order valence-corrected chi connectivity index (χ2v) is 7.13. The molecule has 3 rings (SSSR count). The fraction of sp³-hybridized carbons (Fsp3) is 0.333. The van der Waals surface area contributed by atoms with Crippen molar-refractivity contribution in [3.63, 3.8) is 0 Å². The van der Waals surface area contributed by atoms with E-state index in [1.807, 2.05) is 12.1 Å². The number of anilines is 2. The maximum atomic E-state index is 12.3. The van der Waals surface area contributed by atoms with Crippen LogP contribution in [0.2, 0.25) is 0 Å². The zero-order valence-electron chi connectivity index (χ0n) is 15.7. The maximum Gasteiger partial charge on any atom is 0.257 e. The van der Waals surface area contributed by atoms with Crippen LogP contribution in [-0.4, -0.2) is 30.7 Å². The number of hydrogen-bond acceptors (Lipinski definition) is 4. The summed E-state index contributed by atoms with van der Waals surface area (Å²) in [5.41, 5.74) is 2.60. The molecule has 27 heavy (non-hydrogen) atoms. The number of thiocarbonyl (C=S) groups is 1. The summed E-state index contributed by atoms with van der Waals surface area (Å²) in [5.74, 6) is 0.448. The minimum absolute atomic E-state index is 0.256. The summed E-state index contributed by atoms with van der Waals surface area (Å²) >= 11 is 5.26. The number of carbonyl (C=O) groups is 1. The Bertz CT molecular complexity index is 790. The Kier molecular flexibility index (Phi) is 6.29. The van der Waals surface area contributed by atoms with Gasteiger partial charge in [0.05, 0.1) is 7.11 Å². The van der Waals surface area contributed by atoms with Gasteiger partial charge in [-0.25, -0.2) is 0 Å². The second kappa shape index (κ2) is 8.86. The van der Waals surface area contributed by atoms with Gasteiger partial charge in [0.25, 0.3) is 5.91 Å². The molecule has 5 nitrogen and oxygen atoms in total. The summed E-state index contributed by atoms with van der Waals surface area (Å²) in [5, 5.41) is 6.03. The van der Waals surface area contributed by atoms with Crippen LogP contribution in [0.3, 0.4) is 0 Å². The Hall–Kier alpha value is -2.60. The molecule has 1 amide bonds. The molecule has 0 bridgehead atoms. The largest absolute Gasteiger partial charge is 0.497 e. The normalized spacial score (nSPS) is 16.5. The van der Waals surface area contributed by atoms with E-state index in [9.17, 15) is 4.79 Å². The van der Waals surface area contributed by atoms with E-state index in [2.05, 4.69) is 34.6 Å². The Morgan fingerprint density at radius 1 is 1.11 bits per heavy atom. The van der Waals surface area contributed by atoms with Crippen LogP contribution in [0.15, 0.2) is 48.5 Å². The van der Waals surface area contributed by atoms with Crippen LogP contribution < -0.4 is 20.3 Å². The van der Waals surface area contributed by atoms with E-state index in [-0.39, 0.29) is 11.0 Å². The van der Waals surface area contributed by atoms with E-state index in [1.165, 1.54) is 24.9 Å². The third-order valence-electron chi connectivity index (χ3n) is 4.84. The Morgan fingerprint density at radius 3 is 2.44 bits per heavy atom. The molecule has 0 unspecified atom stereocenters. The van der Waals surface area contributed by atoms with Gasteiger partial charge in [-0.1, -0.05) is 0 Å². The SMILES string of the molecule is COc1ccc(C(=O)NC(=S)Nc2ccc(N3CCCC[C@H]3C)cc2)cc1. The topological polar surface area (TPSA) is 53.6 Å². The van der Waals surface area contributed by atoms with Gasteiger partial charge in [-0.2, -0.15) is 0 Å². The van der Waals surface area contributed by atoms with Gasteiger partial charge in [-0.15, -0.1) is 0 Å². The van der Waals surface area contributed by atoms with Crippen LogP contribution in [0.1, 0.15) is 36.5 Å². The van der Waals surface area contributed by atoms with Gasteiger partial charge in [-0.05, 0) is 86.9 Å². The minimum atomic E-state index is -0.256. The van der Waals surface area contributed by atoms with Gasteiger partial charge < -0.3 is 15.0 Å². The highest BCUT2D eigenvalue weighted by molar-refractivity contribution is 7.80. The lowest BCUT2D eigenvalue weighted by molar-refractivity contribution is 0.0977. The summed E-state index contributed by atoms with van der Waals surface area (Å²) in [6.07, 6.45) is 3.78. The first kappa shape index (κ1) is 19.2. The fourth-order valence-corrected chi connectivity index (χ4v) is 3.51. The molecule has 0 radical (unpaired) electrons. The van der Waals surface area contributed by atoms with Crippen molar-refractivity contribution >= 4 is 34.6 Å². The Morgan fingerprint density at radius 2 is 1.81 bits per heavy atom. The Balaban J connectivity index is 1.56. The van der Waals surface area contributed by atoms with Crippen molar-refractivity contribution in [2.75, 3.05) is 23.9 Å². The molecule has 2 aromatic carbocycles. The van der Waals surface area contributed by atoms with Crippen molar-refractivity contribution in [2.24, 2.45) is 0 Å². The van der Waals surface area contributed by atoms with E-state index in [0.29, 0.717) is 17.4 Å². The summed E-state index contributed by atoms with van der Waals surface area (Å²) in [7, 11) is 1.59. The van der Waals surface area contributed by atoms with Gasteiger partial charge in [-0.3, -0.25) is 10.1 Å². The molecule has 6 heteroatoms. The zero-order valence-corrected chi connectivity index (χ0v) is 16.5. The van der Waals surface area contributed by atoms with Crippen molar-refractivity contribution in [3.05, 3.63) is 54.1 Å². The van der Waals surface area contributed by atoms with E-state index in [0.717, 1.165) is 12.2 Å². The average Bonchev–Trinajstić information content (AvgIpc) is 2.69. The van der Waals surface area contributed by atoms with Crippen LogP contribution in [-0.2, 0) is 0 Å². The van der Waals surface area contributed by atoms with E-state index in [4.69, 9.17) is 17.0 Å². The van der Waals surface area contributed by atoms with E-state index >= 15 is 0 Å². The van der Waals surface area contributed by atoms with Crippen LogP contribution in [0.4, 0.5) is 11.4 Å². The highest BCUT2D eigenvalue weighted by Gasteiger charge is 2.18. The van der Waals surface area contributed by atoms with Crippen LogP contribution in [0.5, 0.6) is 5.75 Å². The highest BCUT2D eigenvalue weighted by atomic mass is 32.1. The number of hydrogen-bond donors (Lipinski definition) is 2. The molecule has 142 valence electrons. The molecule has 0 aliphatic carbocycles. The Labute approximate surface area is 165 Å². The zero-order chi connectivity index (χ0) is 19.2. The molecule has 0 saturated carbocycles. The summed E-state index contributed by atoms with van der Waals surface area (Å²) in [6.45, 7) is 3.37. The van der Waals surface area contributed by atoms with Gasteiger partial charge in [0.1, 0.15) is 5.75 Å². The summed E-state index contributed by atoms with van der Waals surface area (Å²) < 4.78 is 5.10. The minimum Gasteiger partial charge on any atom is -0.497 e. The molecule has 2 N–H and O–H groups in total. The molecule has 1 heterocycles. The molecule has 1 aliphatic rings.